The molecule has 1 aliphatic carbocycles. The van der Waals surface area contributed by atoms with Gasteiger partial charge in [0.25, 0.3) is 0 Å². The summed E-state index contributed by atoms with van der Waals surface area (Å²) in [6.07, 6.45) is 12.6. The van der Waals surface area contributed by atoms with Gasteiger partial charge in [-0.3, -0.25) is 4.79 Å². The fourth-order valence-electron chi connectivity index (χ4n) is 4.45. The van der Waals surface area contributed by atoms with Crippen LogP contribution in [0.2, 0.25) is 0 Å². The van der Waals surface area contributed by atoms with E-state index in [2.05, 4.69) is 10.2 Å². The molecule has 2 heterocycles. The summed E-state index contributed by atoms with van der Waals surface area (Å²) in [6.45, 7) is 3.21. The van der Waals surface area contributed by atoms with Crippen LogP contribution in [0, 0.1) is 11.8 Å². The normalized spacial score (nSPS) is 27.8. The van der Waals surface area contributed by atoms with E-state index in [1.165, 1.54) is 57.9 Å². The molecule has 0 spiro atoms. The Morgan fingerprint density at radius 1 is 1.00 bits per heavy atom. The molecule has 3 rings (SSSR count). The Morgan fingerprint density at radius 2 is 1.71 bits per heavy atom. The van der Waals surface area contributed by atoms with Crippen LogP contribution in [0.5, 0.6) is 0 Å². The summed E-state index contributed by atoms with van der Waals surface area (Å²) >= 11 is 0. The average molecular weight is 315 g/mol. The Morgan fingerprint density at radius 3 is 2.33 bits per heavy atom. The molecule has 1 saturated carbocycles. The molecule has 3 fully saturated rings. The molecular formula is C17H31ClN2O. The molecule has 1 unspecified atom stereocenters. The maximum Gasteiger partial charge on any atom is 0.222 e. The molecule has 2 aliphatic heterocycles. The summed E-state index contributed by atoms with van der Waals surface area (Å²) in [5.74, 6) is 2.09. The summed E-state index contributed by atoms with van der Waals surface area (Å²) in [4.78, 5) is 14.4. The third-order valence-corrected chi connectivity index (χ3v) is 5.80. The Labute approximate surface area is 135 Å². The topological polar surface area (TPSA) is 32.3 Å². The lowest BCUT2D eigenvalue weighted by atomic mass is 9.88. The number of piperidine rings is 1. The van der Waals surface area contributed by atoms with E-state index in [-0.39, 0.29) is 12.4 Å². The molecule has 0 radical (unpaired) electrons. The van der Waals surface area contributed by atoms with Gasteiger partial charge in [-0.2, -0.15) is 0 Å². The third kappa shape index (κ3) is 4.59. The predicted molar refractivity (Wildman–Crippen MR) is 88.8 cm³/mol. The molecule has 0 aromatic heterocycles. The van der Waals surface area contributed by atoms with Gasteiger partial charge in [0.05, 0.1) is 0 Å². The second-order valence-corrected chi connectivity index (χ2v) is 7.11. The second-order valence-electron chi connectivity index (χ2n) is 7.11. The van der Waals surface area contributed by atoms with Gasteiger partial charge < -0.3 is 10.2 Å². The van der Waals surface area contributed by atoms with Crippen molar-refractivity contribution < 1.29 is 4.79 Å². The van der Waals surface area contributed by atoms with Crippen LogP contribution in [0.15, 0.2) is 0 Å². The molecule has 0 aromatic carbocycles. The van der Waals surface area contributed by atoms with Gasteiger partial charge in [0.15, 0.2) is 0 Å². The number of nitrogens with one attached hydrogen (secondary N) is 1. The number of nitrogens with zero attached hydrogens (tertiary/aromatic N) is 1. The maximum atomic E-state index is 12.3. The fourth-order valence-corrected chi connectivity index (χ4v) is 4.45. The standard InChI is InChI=1S/C17H30N2O.ClH/c20-17(8-7-14-4-1-2-5-14)19-12-9-15(10-13-19)16-6-3-11-18-16;/h14-16,18H,1-13H2;1H. The number of likely N-dealkylation sites (tertiary alicyclic amines) is 1. The van der Waals surface area contributed by atoms with Crippen molar-refractivity contribution in [1.29, 1.82) is 0 Å². The van der Waals surface area contributed by atoms with Crippen molar-refractivity contribution in [3.05, 3.63) is 0 Å². The number of carbonyl (C=O) groups excluding carboxylic acids is 1. The highest BCUT2D eigenvalue weighted by Gasteiger charge is 2.30. The molecule has 4 heteroatoms. The van der Waals surface area contributed by atoms with Crippen LogP contribution in [-0.2, 0) is 4.79 Å². The number of halogens is 1. The maximum absolute atomic E-state index is 12.3. The first kappa shape index (κ1) is 17.1. The van der Waals surface area contributed by atoms with E-state index in [4.69, 9.17) is 0 Å². The van der Waals surface area contributed by atoms with Gasteiger partial charge in [0.1, 0.15) is 0 Å². The van der Waals surface area contributed by atoms with E-state index in [0.29, 0.717) is 5.91 Å². The monoisotopic (exact) mass is 314 g/mol. The van der Waals surface area contributed by atoms with E-state index in [0.717, 1.165) is 43.8 Å². The van der Waals surface area contributed by atoms with Crippen LogP contribution in [0.3, 0.4) is 0 Å². The number of hydrogen-bond acceptors (Lipinski definition) is 2. The van der Waals surface area contributed by atoms with E-state index in [9.17, 15) is 4.79 Å². The van der Waals surface area contributed by atoms with Crippen molar-refractivity contribution in [3.63, 3.8) is 0 Å². The smallest absolute Gasteiger partial charge is 0.222 e. The first-order valence-corrected chi connectivity index (χ1v) is 8.84. The molecule has 1 amide bonds. The molecule has 1 atom stereocenters. The zero-order valence-electron chi connectivity index (χ0n) is 13.2. The fraction of sp³-hybridized carbons (Fsp3) is 0.941. The minimum Gasteiger partial charge on any atom is -0.343 e. The highest BCUT2D eigenvalue weighted by atomic mass is 35.5. The van der Waals surface area contributed by atoms with Crippen LogP contribution < -0.4 is 5.32 Å². The Balaban J connectivity index is 0.00000161. The highest BCUT2D eigenvalue weighted by Crippen LogP contribution is 2.30. The van der Waals surface area contributed by atoms with Crippen molar-refractivity contribution in [3.8, 4) is 0 Å². The van der Waals surface area contributed by atoms with Crippen molar-refractivity contribution in [2.75, 3.05) is 19.6 Å². The lowest BCUT2D eigenvalue weighted by Crippen LogP contribution is -2.43. The van der Waals surface area contributed by atoms with Gasteiger partial charge in [0.2, 0.25) is 5.91 Å². The lowest BCUT2D eigenvalue weighted by Gasteiger charge is -2.35. The number of hydrogen-bond donors (Lipinski definition) is 1. The van der Waals surface area contributed by atoms with Crippen LogP contribution in [0.1, 0.15) is 64.2 Å². The third-order valence-electron chi connectivity index (χ3n) is 5.80. The molecule has 2 saturated heterocycles. The van der Waals surface area contributed by atoms with Crippen LogP contribution >= 0.6 is 12.4 Å². The summed E-state index contributed by atoms with van der Waals surface area (Å²) in [5, 5.41) is 3.63. The lowest BCUT2D eigenvalue weighted by molar-refractivity contribution is -0.133. The Kier molecular flexibility index (Phi) is 6.81. The first-order valence-electron chi connectivity index (χ1n) is 8.84. The van der Waals surface area contributed by atoms with Gasteiger partial charge in [-0.1, -0.05) is 25.7 Å². The van der Waals surface area contributed by atoms with Gasteiger partial charge in [0, 0.05) is 25.6 Å². The molecule has 122 valence electrons. The van der Waals surface area contributed by atoms with Crippen LogP contribution in [-0.4, -0.2) is 36.5 Å². The minimum atomic E-state index is 0. The number of carbonyl (C=O) groups is 1. The van der Waals surface area contributed by atoms with E-state index in [1.807, 2.05) is 0 Å². The van der Waals surface area contributed by atoms with Crippen molar-refractivity contribution in [2.45, 2.75) is 70.3 Å². The van der Waals surface area contributed by atoms with E-state index < -0.39 is 0 Å². The first-order chi connectivity index (χ1) is 9.83. The summed E-state index contributed by atoms with van der Waals surface area (Å²) in [6, 6.07) is 0.741. The molecule has 0 bridgehead atoms. The SMILES string of the molecule is Cl.O=C(CCC1CCCC1)N1CCC(C2CCCN2)CC1. The zero-order valence-corrected chi connectivity index (χ0v) is 14.0. The van der Waals surface area contributed by atoms with Crippen molar-refractivity contribution in [1.82, 2.24) is 10.2 Å². The molecule has 3 aliphatic rings. The predicted octanol–water partition coefficient (Wildman–Crippen LogP) is 3.37. The van der Waals surface area contributed by atoms with Crippen LogP contribution in [0.25, 0.3) is 0 Å². The molecule has 1 N–H and O–H groups in total. The van der Waals surface area contributed by atoms with Crippen molar-refractivity contribution in [2.24, 2.45) is 11.8 Å². The summed E-state index contributed by atoms with van der Waals surface area (Å²) < 4.78 is 0. The van der Waals surface area contributed by atoms with Gasteiger partial charge >= 0.3 is 0 Å². The van der Waals surface area contributed by atoms with Crippen molar-refractivity contribution >= 4 is 18.3 Å². The zero-order chi connectivity index (χ0) is 13.8. The summed E-state index contributed by atoms with van der Waals surface area (Å²) in [5.41, 5.74) is 0. The molecule has 21 heavy (non-hydrogen) atoms. The largest absolute Gasteiger partial charge is 0.343 e. The molecule has 3 nitrogen and oxygen atoms in total. The quantitative estimate of drug-likeness (QED) is 0.863. The van der Waals surface area contributed by atoms with E-state index >= 15 is 0 Å². The van der Waals surface area contributed by atoms with Crippen LogP contribution in [0.4, 0.5) is 0 Å². The second kappa shape index (κ2) is 8.38. The highest BCUT2D eigenvalue weighted by molar-refractivity contribution is 5.85. The van der Waals surface area contributed by atoms with Gasteiger partial charge in [-0.25, -0.2) is 0 Å². The Hall–Kier alpha value is -0.280. The molecule has 0 aromatic rings. The van der Waals surface area contributed by atoms with E-state index in [1.54, 1.807) is 0 Å². The number of amides is 1. The number of rotatable bonds is 4. The Bertz CT molecular complexity index is 317. The van der Waals surface area contributed by atoms with Gasteiger partial charge in [-0.15, -0.1) is 12.4 Å². The summed E-state index contributed by atoms with van der Waals surface area (Å²) in [7, 11) is 0. The average Bonchev–Trinajstić information content (AvgIpc) is 3.18. The molecular weight excluding hydrogens is 284 g/mol. The minimum absolute atomic E-state index is 0. The van der Waals surface area contributed by atoms with Gasteiger partial charge in [-0.05, 0) is 50.5 Å².